The summed E-state index contributed by atoms with van der Waals surface area (Å²) in [6.07, 6.45) is 2.91. The highest BCUT2D eigenvalue weighted by Crippen LogP contribution is 2.14. The van der Waals surface area contributed by atoms with Gasteiger partial charge in [0, 0.05) is 13.1 Å². The number of hydrogen-bond donors (Lipinski definition) is 0. The molecule has 0 N–H and O–H groups in total. The topological polar surface area (TPSA) is 82.2 Å². The van der Waals surface area contributed by atoms with E-state index in [4.69, 9.17) is 4.74 Å². The number of benzene rings is 1. The average molecular weight is 353 g/mol. The summed E-state index contributed by atoms with van der Waals surface area (Å²) >= 11 is 0. The Balaban J connectivity index is 1.64. The maximum absolute atomic E-state index is 12.7. The number of rotatable bonds is 3. The van der Waals surface area contributed by atoms with Crippen LogP contribution in [0.15, 0.2) is 41.6 Å². The molecule has 0 saturated carbocycles. The number of ether oxygens (including phenoxy) is 1. The first kappa shape index (κ1) is 16.5. The zero-order valence-corrected chi connectivity index (χ0v) is 14.5. The van der Waals surface area contributed by atoms with Crippen molar-refractivity contribution in [3.8, 4) is 5.69 Å². The second-order valence-corrected chi connectivity index (χ2v) is 6.30. The van der Waals surface area contributed by atoms with E-state index in [9.17, 15) is 9.59 Å². The molecule has 1 aliphatic heterocycles. The van der Waals surface area contributed by atoms with Gasteiger partial charge in [-0.15, -0.1) is 0 Å². The summed E-state index contributed by atoms with van der Waals surface area (Å²) in [5.74, 6) is -0.109. The molecule has 8 nitrogen and oxygen atoms in total. The van der Waals surface area contributed by atoms with Crippen molar-refractivity contribution in [2.24, 2.45) is 0 Å². The summed E-state index contributed by atoms with van der Waals surface area (Å²) < 4.78 is 8.21. The quantitative estimate of drug-likeness (QED) is 0.694. The van der Waals surface area contributed by atoms with E-state index in [0.29, 0.717) is 37.3 Å². The molecule has 3 aromatic rings. The van der Waals surface area contributed by atoms with Gasteiger partial charge in [-0.05, 0) is 19.1 Å². The fraction of sp³-hybridized carbons (Fsp3) is 0.333. The van der Waals surface area contributed by atoms with Gasteiger partial charge in [0.2, 0.25) is 5.91 Å². The minimum atomic E-state index is -0.269. The normalized spacial score (nSPS) is 14.7. The van der Waals surface area contributed by atoms with Crippen molar-refractivity contribution in [3.63, 3.8) is 0 Å². The number of amides is 1. The van der Waals surface area contributed by atoms with Crippen LogP contribution in [0.4, 0.5) is 0 Å². The van der Waals surface area contributed by atoms with Gasteiger partial charge in [-0.25, -0.2) is 9.67 Å². The van der Waals surface area contributed by atoms with Gasteiger partial charge < -0.3 is 9.64 Å². The van der Waals surface area contributed by atoms with Crippen LogP contribution in [0.25, 0.3) is 16.7 Å². The van der Waals surface area contributed by atoms with Crippen LogP contribution in [0.3, 0.4) is 0 Å². The lowest BCUT2D eigenvalue weighted by atomic mass is 10.2. The first-order valence-corrected chi connectivity index (χ1v) is 8.49. The first-order chi connectivity index (χ1) is 12.6. The highest BCUT2D eigenvalue weighted by molar-refractivity contribution is 5.78. The summed E-state index contributed by atoms with van der Waals surface area (Å²) in [7, 11) is 0. The van der Waals surface area contributed by atoms with Crippen LogP contribution in [-0.2, 0) is 16.1 Å². The summed E-state index contributed by atoms with van der Waals surface area (Å²) in [4.78, 5) is 31.2. The van der Waals surface area contributed by atoms with Gasteiger partial charge in [-0.2, -0.15) is 5.10 Å². The van der Waals surface area contributed by atoms with Crippen LogP contribution in [0.1, 0.15) is 5.56 Å². The Morgan fingerprint density at radius 1 is 1.19 bits per heavy atom. The fourth-order valence-corrected chi connectivity index (χ4v) is 2.99. The Labute approximate surface area is 149 Å². The van der Waals surface area contributed by atoms with Crippen molar-refractivity contribution < 1.29 is 9.53 Å². The van der Waals surface area contributed by atoms with Gasteiger partial charge in [-0.3, -0.25) is 14.2 Å². The maximum Gasteiger partial charge on any atom is 0.264 e. The van der Waals surface area contributed by atoms with E-state index in [0.717, 1.165) is 11.3 Å². The molecule has 1 saturated heterocycles. The molecule has 2 aromatic heterocycles. The van der Waals surface area contributed by atoms with Crippen molar-refractivity contribution in [1.29, 1.82) is 0 Å². The number of aromatic nitrogens is 4. The molecule has 4 rings (SSSR count). The van der Waals surface area contributed by atoms with Gasteiger partial charge in [0.1, 0.15) is 18.3 Å². The van der Waals surface area contributed by atoms with E-state index in [-0.39, 0.29) is 18.0 Å². The van der Waals surface area contributed by atoms with Crippen molar-refractivity contribution in [3.05, 3.63) is 52.7 Å². The zero-order chi connectivity index (χ0) is 18.1. The van der Waals surface area contributed by atoms with Gasteiger partial charge >= 0.3 is 0 Å². The van der Waals surface area contributed by atoms with E-state index in [2.05, 4.69) is 10.1 Å². The van der Waals surface area contributed by atoms with E-state index < -0.39 is 0 Å². The lowest BCUT2D eigenvalue weighted by Crippen LogP contribution is -2.43. The SMILES string of the molecule is Cc1ccc(-n2ncc3c(=O)n(CC(=O)N4CCOCC4)cnc32)cc1. The van der Waals surface area contributed by atoms with Crippen LogP contribution in [-0.4, -0.2) is 56.4 Å². The molecule has 0 aliphatic carbocycles. The van der Waals surface area contributed by atoms with Crippen LogP contribution < -0.4 is 5.56 Å². The predicted octanol–water partition coefficient (Wildman–Crippen LogP) is 0.749. The fourth-order valence-electron chi connectivity index (χ4n) is 2.99. The highest BCUT2D eigenvalue weighted by Gasteiger charge is 2.19. The number of fused-ring (bicyclic) bond motifs is 1. The largest absolute Gasteiger partial charge is 0.378 e. The molecule has 0 unspecified atom stereocenters. The monoisotopic (exact) mass is 353 g/mol. The number of aryl methyl sites for hydroxylation is 1. The summed E-state index contributed by atoms with van der Waals surface area (Å²) in [6, 6.07) is 7.81. The van der Waals surface area contributed by atoms with E-state index >= 15 is 0 Å². The lowest BCUT2D eigenvalue weighted by Gasteiger charge is -2.26. The smallest absolute Gasteiger partial charge is 0.264 e. The minimum absolute atomic E-state index is 0.0303. The number of hydrogen-bond acceptors (Lipinski definition) is 5. The molecule has 1 aliphatic rings. The maximum atomic E-state index is 12.7. The van der Waals surface area contributed by atoms with E-state index in [1.807, 2.05) is 31.2 Å². The third kappa shape index (κ3) is 2.99. The Hall–Kier alpha value is -3.00. The van der Waals surface area contributed by atoms with Crippen LogP contribution in [0.2, 0.25) is 0 Å². The number of carbonyl (C=O) groups excluding carboxylic acids is 1. The molecule has 0 spiro atoms. The Morgan fingerprint density at radius 2 is 1.92 bits per heavy atom. The van der Waals surface area contributed by atoms with Gasteiger partial charge in [-0.1, -0.05) is 17.7 Å². The molecule has 0 atom stereocenters. The third-order valence-electron chi connectivity index (χ3n) is 4.50. The van der Waals surface area contributed by atoms with E-state index in [1.165, 1.54) is 17.1 Å². The molecule has 8 heteroatoms. The Bertz CT molecular complexity index is 1000. The molecule has 134 valence electrons. The van der Waals surface area contributed by atoms with Gasteiger partial charge in [0.05, 0.1) is 25.1 Å². The van der Waals surface area contributed by atoms with E-state index in [1.54, 1.807) is 9.58 Å². The molecular weight excluding hydrogens is 334 g/mol. The molecular formula is C18H19N5O3. The summed E-state index contributed by atoms with van der Waals surface area (Å²) in [6.45, 7) is 4.14. The molecule has 0 radical (unpaired) electrons. The molecule has 3 heterocycles. The Kier molecular flexibility index (Phi) is 4.26. The van der Waals surface area contributed by atoms with Crippen molar-refractivity contribution in [2.75, 3.05) is 26.3 Å². The number of nitrogens with zero attached hydrogens (tertiary/aromatic N) is 5. The lowest BCUT2D eigenvalue weighted by molar-refractivity contribution is -0.135. The highest BCUT2D eigenvalue weighted by atomic mass is 16.5. The van der Waals surface area contributed by atoms with Gasteiger partial charge in [0.15, 0.2) is 5.65 Å². The number of carbonyl (C=O) groups is 1. The summed E-state index contributed by atoms with van der Waals surface area (Å²) in [5.41, 5.74) is 2.19. The van der Waals surface area contributed by atoms with Crippen molar-refractivity contribution >= 4 is 16.9 Å². The third-order valence-corrected chi connectivity index (χ3v) is 4.50. The summed E-state index contributed by atoms with van der Waals surface area (Å²) in [5, 5.41) is 4.69. The first-order valence-electron chi connectivity index (χ1n) is 8.49. The minimum Gasteiger partial charge on any atom is -0.378 e. The van der Waals surface area contributed by atoms with Crippen LogP contribution in [0, 0.1) is 6.92 Å². The van der Waals surface area contributed by atoms with Crippen LogP contribution in [0.5, 0.6) is 0 Å². The molecule has 26 heavy (non-hydrogen) atoms. The average Bonchev–Trinajstić information content (AvgIpc) is 3.10. The van der Waals surface area contributed by atoms with Crippen molar-refractivity contribution in [2.45, 2.75) is 13.5 Å². The Morgan fingerprint density at radius 3 is 2.65 bits per heavy atom. The molecule has 1 aromatic carbocycles. The standard InChI is InChI=1S/C18H19N5O3/c1-13-2-4-14(5-3-13)23-17-15(10-20-23)18(25)22(12-19-17)11-16(24)21-6-8-26-9-7-21/h2-5,10,12H,6-9,11H2,1H3. The van der Waals surface area contributed by atoms with Crippen molar-refractivity contribution in [1.82, 2.24) is 24.2 Å². The molecule has 1 fully saturated rings. The predicted molar refractivity (Wildman–Crippen MR) is 95.3 cm³/mol. The molecule has 1 amide bonds. The van der Waals surface area contributed by atoms with Crippen LogP contribution >= 0.6 is 0 Å². The second kappa shape index (κ2) is 6.72. The molecule has 0 bridgehead atoms. The number of morpholine rings is 1. The second-order valence-electron chi connectivity index (χ2n) is 6.30. The zero-order valence-electron chi connectivity index (χ0n) is 14.5. The van der Waals surface area contributed by atoms with Gasteiger partial charge in [0.25, 0.3) is 5.56 Å².